The predicted octanol–water partition coefficient (Wildman–Crippen LogP) is 2.40. The van der Waals surface area contributed by atoms with Crippen molar-refractivity contribution in [2.75, 3.05) is 6.54 Å². The molecule has 1 atom stereocenters. The highest BCUT2D eigenvalue weighted by Crippen LogP contribution is 2.21. The first kappa shape index (κ1) is 15.4. The monoisotopic (exact) mass is 280 g/mol. The number of thiophene rings is 1. The van der Waals surface area contributed by atoms with Crippen molar-refractivity contribution >= 4 is 23.2 Å². The summed E-state index contributed by atoms with van der Waals surface area (Å²) >= 11 is 1.54. The van der Waals surface area contributed by atoms with Crippen LogP contribution >= 0.6 is 11.3 Å². The van der Waals surface area contributed by atoms with Gasteiger partial charge < -0.3 is 10.6 Å². The normalized spacial score (nSPS) is 12.3. The lowest BCUT2D eigenvalue weighted by Crippen LogP contribution is -2.32. The molecule has 0 saturated heterocycles. The molecule has 1 aromatic rings. The van der Waals surface area contributed by atoms with Crippen LogP contribution in [0.1, 0.15) is 37.6 Å². The molecule has 1 unspecified atom stereocenters. The Kier molecular flexibility index (Phi) is 6.89. The minimum Gasteiger partial charge on any atom is -0.356 e. The molecular weight excluding hydrogens is 260 g/mol. The van der Waals surface area contributed by atoms with Crippen molar-refractivity contribution in [2.45, 2.75) is 32.7 Å². The molecule has 0 fully saturated rings. The van der Waals surface area contributed by atoms with Gasteiger partial charge in [0.2, 0.25) is 11.8 Å². The van der Waals surface area contributed by atoms with Crippen LogP contribution in [-0.2, 0) is 9.59 Å². The number of amides is 2. The smallest absolute Gasteiger partial charge is 0.222 e. The number of hydrogen-bond donors (Lipinski definition) is 2. The van der Waals surface area contributed by atoms with Crippen molar-refractivity contribution < 1.29 is 9.59 Å². The summed E-state index contributed by atoms with van der Waals surface area (Å²) in [5.74, 6) is -0.170. The summed E-state index contributed by atoms with van der Waals surface area (Å²) in [6, 6.07) is 3.61. The van der Waals surface area contributed by atoms with E-state index in [1.54, 1.807) is 11.3 Å². The highest BCUT2D eigenvalue weighted by Gasteiger charge is 2.17. The van der Waals surface area contributed by atoms with Gasteiger partial charge in [0.25, 0.3) is 0 Å². The standard InChI is InChI=1S/C14H20N2O2S/c1-3-4-5-8-15-14(18)10-12(16-11(2)17)13-7-6-9-19-13/h3-4,6-7,9,12H,5,8,10H2,1-2H3,(H,15,18)(H,16,17)/b4-3+. The Morgan fingerprint density at radius 2 is 2.26 bits per heavy atom. The number of rotatable bonds is 7. The van der Waals surface area contributed by atoms with E-state index in [0.717, 1.165) is 11.3 Å². The second-order valence-corrected chi connectivity index (χ2v) is 5.16. The van der Waals surface area contributed by atoms with Gasteiger partial charge >= 0.3 is 0 Å². The first-order valence-electron chi connectivity index (χ1n) is 6.32. The third-order valence-electron chi connectivity index (χ3n) is 2.52. The van der Waals surface area contributed by atoms with E-state index < -0.39 is 0 Å². The lowest BCUT2D eigenvalue weighted by atomic mass is 10.1. The predicted molar refractivity (Wildman–Crippen MR) is 77.9 cm³/mol. The minimum absolute atomic E-state index is 0.0448. The number of nitrogens with one attached hydrogen (secondary N) is 2. The van der Waals surface area contributed by atoms with Gasteiger partial charge in [-0.05, 0) is 24.8 Å². The first-order chi connectivity index (χ1) is 9.13. The molecule has 4 nitrogen and oxygen atoms in total. The number of carbonyl (C=O) groups excluding carboxylic acids is 2. The SMILES string of the molecule is C/C=C/CCNC(=O)CC(NC(C)=O)c1cccs1. The molecule has 1 aromatic heterocycles. The van der Waals surface area contributed by atoms with Crippen molar-refractivity contribution in [1.29, 1.82) is 0 Å². The highest BCUT2D eigenvalue weighted by atomic mass is 32.1. The van der Waals surface area contributed by atoms with Crippen LogP contribution in [0.25, 0.3) is 0 Å². The molecule has 0 aromatic carbocycles. The van der Waals surface area contributed by atoms with Gasteiger partial charge in [-0.3, -0.25) is 9.59 Å². The Morgan fingerprint density at radius 3 is 2.84 bits per heavy atom. The molecule has 2 amide bonds. The zero-order valence-corrected chi connectivity index (χ0v) is 12.1. The minimum atomic E-state index is -0.237. The van der Waals surface area contributed by atoms with Crippen LogP contribution in [0.2, 0.25) is 0 Å². The largest absolute Gasteiger partial charge is 0.356 e. The van der Waals surface area contributed by atoms with Crippen molar-refractivity contribution in [2.24, 2.45) is 0 Å². The van der Waals surface area contributed by atoms with E-state index >= 15 is 0 Å². The Bertz CT molecular complexity index is 427. The molecule has 0 aliphatic carbocycles. The highest BCUT2D eigenvalue weighted by molar-refractivity contribution is 7.10. The molecule has 0 spiro atoms. The summed E-state index contributed by atoms with van der Waals surface area (Å²) in [6.45, 7) is 4.04. The summed E-state index contributed by atoms with van der Waals surface area (Å²) in [4.78, 5) is 24.0. The van der Waals surface area contributed by atoms with Crippen molar-refractivity contribution in [3.63, 3.8) is 0 Å². The maximum Gasteiger partial charge on any atom is 0.222 e. The van der Waals surface area contributed by atoms with Gasteiger partial charge in [0.15, 0.2) is 0 Å². The summed E-state index contributed by atoms with van der Waals surface area (Å²) in [5, 5.41) is 7.60. The van der Waals surface area contributed by atoms with Crippen LogP contribution in [0.5, 0.6) is 0 Å². The molecule has 1 rings (SSSR count). The Morgan fingerprint density at radius 1 is 1.47 bits per heavy atom. The van der Waals surface area contributed by atoms with Gasteiger partial charge in [-0.2, -0.15) is 0 Å². The molecule has 104 valence electrons. The Balaban J connectivity index is 2.48. The Labute approximate surface area is 117 Å². The van der Waals surface area contributed by atoms with Crippen LogP contribution in [0, 0.1) is 0 Å². The summed E-state index contributed by atoms with van der Waals surface area (Å²) in [7, 11) is 0. The average molecular weight is 280 g/mol. The van der Waals surface area contributed by atoms with Crippen LogP contribution in [-0.4, -0.2) is 18.4 Å². The second-order valence-electron chi connectivity index (χ2n) is 4.18. The average Bonchev–Trinajstić information content (AvgIpc) is 2.87. The molecule has 0 aliphatic rings. The van der Waals surface area contributed by atoms with E-state index in [1.807, 2.05) is 36.6 Å². The van der Waals surface area contributed by atoms with E-state index in [1.165, 1.54) is 6.92 Å². The fourth-order valence-electron chi connectivity index (χ4n) is 1.68. The third-order valence-corrected chi connectivity index (χ3v) is 3.51. The summed E-state index contributed by atoms with van der Waals surface area (Å²) in [5.41, 5.74) is 0. The zero-order valence-electron chi connectivity index (χ0n) is 11.3. The maximum atomic E-state index is 11.8. The third kappa shape index (κ3) is 6.20. The molecule has 2 N–H and O–H groups in total. The van der Waals surface area contributed by atoms with Crippen LogP contribution in [0.15, 0.2) is 29.7 Å². The van der Waals surface area contributed by atoms with Crippen molar-refractivity contribution in [3.05, 3.63) is 34.5 Å². The van der Waals surface area contributed by atoms with Crippen LogP contribution < -0.4 is 10.6 Å². The van der Waals surface area contributed by atoms with E-state index in [-0.39, 0.29) is 24.3 Å². The molecule has 1 heterocycles. The van der Waals surface area contributed by atoms with Crippen LogP contribution in [0.4, 0.5) is 0 Å². The zero-order chi connectivity index (χ0) is 14.1. The Hall–Kier alpha value is -1.62. The quantitative estimate of drug-likeness (QED) is 0.595. The van der Waals surface area contributed by atoms with E-state index in [9.17, 15) is 9.59 Å². The number of allylic oxidation sites excluding steroid dienone is 1. The first-order valence-corrected chi connectivity index (χ1v) is 7.19. The lowest BCUT2D eigenvalue weighted by molar-refractivity contribution is -0.122. The molecule has 0 aliphatic heterocycles. The van der Waals surface area contributed by atoms with Crippen molar-refractivity contribution in [1.82, 2.24) is 10.6 Å². The van der Waals surface area contributed by atoms with E-state index in [4.69, 9.17) is 0 Å². The van der Waals surface area contributed by atoms with Gasteiger partial charge in [-0.15, -0.1) is 11.3 Å². The second kappa shape index (κ2) is 8.48. The van der Waals surface area contributed by atoms with Crippen molar-refractivity contribution in [3.8, 4) is 0 Å². The maximum absolute atomic E-state index is 11.8. The van der Waals surface area contributed by atoms with Gasteiger partial charge in [0.05, 0.1) is 12.5 Å². The molecular formula is C14H20N2O2S. The number of carbonyl (C=O) groups is 2. The topological polar surface area (TPSA) is 58.2 Å². The number of hydrogen-bond acceptors (Lipinski definition) is 3. The molecule has 0 bridgehead atoms. The van der Waals surface area contributed by atoms with Gasteiger partial charge in [0, 0.05) is 18.3 Å². The van der Waals surface area contributed by atoms with Crippen LogP contribution in [0.3, 0.4) is 0 Å². The fraction of sp³-hybridized carbons (Fsp3) is 0.429. The van der Waals surface area contributed by atoms with Gasteiger partial charge in [0.1, 0.15) is 0 Å². The fourth-order valence-corrected chi connectivity index (χ4v) is 2.45. The van der Waals surface area contributed by atoms with Gasteiger partial charge in [-0.1, -0.05) is 18.2 Å². The molecule has 0 radical (unpaired) electrons. The van der Waals surface area contributed by atoms with E-state index in [2.05, 4.69) is 10.6 Å². The molecule has 0 saturated carbocycles. The van der Waals surface area contributed by atoms with E-state index in [0.29, 0.717) is 6.54 Å². The lowest BCUT2D eigenvalue weighted by Gasteiger charge is -2.16. The van der Waals surface area contributed by atoms with Gasteiger partial charge in [-0.25, -0.2) is 0 Å². The summed E-state index contributed by atoms with van der Waals surface area (Å²) in [6.07, 6.45) is 5.06. The molecule has 19 heavy (non-hydrogen) atoms. The summed E-state index contributed by atoms with van der Waals surface area (Å²) < 4.78 is 0. The molecule has 5 heteroatoms.